The predicted octanol–water partition coefficient (Wildman–Crippen LogP) is 1.32. The molecule has 0 aliphatic heterocycles. The highest BCUT2D eigenvalue weighted by atomic mass is 32.2. The molecule has 1 heterocycles. The number of sulfonamides is 1. The van der Waals surface area contributed by atoms with Crippen LogP contribution in [0.5, 0.6) is 0 Å². The molecule has 0 saturated heterocycles. The molecule has 5 nitrogen and oxygen atoms in total. The van der Waals surface area contributed by atoms with Crippen molar-refractivity contribution in [1.82, 2.24) is 14.6 Å². The topological polar surface area (TPSA) is 65.2 Å². The molecule has 0 aliphatic rings. The van der Waals surface area contributed by atoms with Gasteiger partial charge in [0.15, 0.2) is 1.41 Å². The Morgan fingerprint density at radius 3 is 3.10 bits per heavy atom. The monoisotopic (exact) mass is 310 g/mol. The number of likely N-dealkylation sites (N-methyl/N-ethyl adjacent to an activating group) is 1. The highest BCUT2D eigenvalue weighted by molar-refractivity contribution is 7.88. The third kappa shape index (κ3) is 3.59. The lowest BCUT2D eigenvalue weighted by Gasteiger charge is -2.08. The average molecular weight is 310 g/mol. The summed E-state index contributed by atoms with van der Waals surface area (Å²) in [5.74, 6) is 0. The maximum absolute atomic E-state index is 12.3. The number of aryl methyl sites for hydroxylation is 1. The number of hydrogen-bond acceptors (Lipinski definition) is 3. The second kappa shape index (κ2) is 5.95. The van der Waals surface area contributed by atoms with Crippen LogP contribution in [0.15, 0.2) is 24.4 Å². The fraction of sp³-hybridized carbons (Fsp3) is 0.429. The molecule has 110 valence electrons. The van der Waals surface area contributed by atoms with E-state index in [-0.39, 0.29) is 10.2 Å². The van der Waals surface area contributed by atoms with E-state index in [4.69, 9.17) is 20.6 Å². The molecule has 0 spiro atoms. The van der Waals surface area contributed by atoms with Gasteiger partial charge >= 0.3 is 0 Å². The molecule has 20 heavy (non-hydrogen) atoms. The van der Waals surface area contributed by atoms with Gasteiger partial charge in [-0.3, -0.25) is 0 Å². The number of benzene rings is 1. The van der Waals surface area contributed by atoms with Gasteiger partial charge in [0.2, 0.25) is 10.0 Å². The van der Waals surface area contributed by atoms with E-state index in [2.05, 4.69) is 0 Å². The Bertz CT molecular complexity index is 1220. The third-order valence-electron chi connectivity index (χ3n) is 2.33. The molecule has 2 aromatic rings. The SMILES string of the molecule is [2H]c1c(C([2H])([2H])C([2H])([2H])N(C([2H])([2H])[2H])C([2H])([2H])[2H])c2cc(C([2H])([2H])S(=O)(=O)N([2H])C)ccc2n1[2H]. The van der Waals surface area contributed by atoms with Crippen molar-refractivity contribution in [3.05, 3.63) is 35.5 Å². The molecular weight excluding hydrogens is 274 g/mol. The molecule has 6 heteroatoms. The number of rotatable bonds is 6. The number of fused-ring (bicyclic) bond motifs is 1. The third-order valence-corrected chi connectivity index (χ3v) is 3.31. The second-order valence-electron chi connectivity index (χ2n) is 3.66. The van der Waals surface area contributed by atoms with E-state index in [0.29, 0.717) is 4.98 Å². The summed E-state index contributed by atoms with van der Waals surface area (Å²) >= 11 is 0. The van der Waals surface area contributed by atoms with Crippen LogP contribution in [0.3, 0.4) is 0 Å². The Kier molecular flexibility index (Phi) is 1.44. The maximum Gasteiger partial charge on any atom is 0.215 e. The van der Waals surface area contributed by atoms with Crippen molar-refractivity contribution in [1.29, 1.82) is 0 Å². The van der Waals surface area contributed by atoms with E-state index < -0.39 is 70.1 Å². The predicted molar refractivity (Wildman–Crippen MR) is 82.2 cm³/mol. The highest BCUT2D eigenvalue weighted by Crippen LogP contribution is 2.21. The van der Waals surface area contributed by atoms with Gasteiger partial charge in [-0.1, -0.05) is 6.07 Å². The molecule has 2 rings (SSSR count). The molecule has 0 aliphatic carbocycles. The number of hydrogen-bond donors (Lipinski definition) is 2. The zero-order chi connectivity index (χ0) is 27.7. The average Bonchev–Trinajstić information content (AvgIpc) is 2.88. The molecule has 0 amide bonds. The lowest BCUT2D eigenvalue weighted by Crippen LogP contribution is -2.20. The first-order valence-electron chi connectivity index (χ1n) is 12.7. The molecule has 0 saturated carbocycles. The van der Waals surface area contributed by atoms with Gasteiger partial charge < -0.3 is 9.88 Å². The van der Waals surface area contributed by atoms with Crippen LogP contribution < -0.4 is 4.72 Å². The quantitative estimate of drug-likeness (QED) is 0.846. The molecule has 0 bridgehead atoms. The van der Waals surface area contributed by atoms with Crippen LogP contribution in [0, 0.1) is 0 Å². The van der Waals surface area contributed by atoms with Gasteiger partial charge in [0.1, 0.15) is 1.41 Å². The summed E-state index contributed by atoms with van der Waals surface area (Å²) in [6, 6.07) is 2.62. The van der Waals surface area contributed by atoms with Crippen molar-refractivity contribution >= 4 is 20.9 Å². The standard InChI is InChI=1S/C14H21N3O2S/c1-15-20(18,19)10-11-4-5-14-13(8-11)12(9-16-14)6-7-17(2)3/h4-5,8-9,15-16H,6-7,10H2,1-3H3/i2D3,3D3,6D2,7D2,9D,10D2/hD2. The lowest BCUT2D eigenvalue weighted by atomic mass is 10.1. The second-order valence-corrected chi connectivity index (χ2v) is 5.18. The minimum Gasteiger partial charge on any atom is -0.361 e. The molecule has 0 fully saturated rings. The first-order valence-corrected chi connectivity index (χ1v) is 6.71. The van der Waals surface area contributed by atoms with Gasteiger partial charge in [-0.15, -0.1) is 0 Å². The summed E-state index contributed by atoms with van der Waals surface area (Å²) in [4.78, 5) is -0.333. The largest absolute Gasteiger partial charge is 0.361 e. The molecule has 0 radical (unpaired) electrons. The Hall–Kier alpha value is -1.37. The molecule has 1 aromatic carbocycles. The molecule has 0 atom stereocenters. The highest BCUT2D eigenvalue weighted by Gasteiger charge is 2.11. The number of nitrogens with zero attached hydrogens (tertiary/aromatic N) is 1. The van der Waals surface area contributed by atoms with Gasteiger partial charge in [0.05, 0.1) is 7.08 Å². The van der Waals surface area contributed by atoms with E-state index in [1.165, 1.54) is 0 Å². The zero-order valence-electron chi connectivity index (χ0n) is 25.3. The van der Waals surface area contributed by atoms with Crippen molar-refractivity contribution < 1.29 is 29.1 Å². The van der Waals surface area contributed by atoms with Crippen molar-refractivity contribution in [3.8, 4) is 0 Å². The summed E-state index contributed by atoms with van der Waals surface area (Å²) in [6.45, 7) is -11.2. The van der Waals surface area contributed by atoms with Crippen LogP contribution in [0.4, 0.5) is 0 Å². The first-order chi connectivity index (χ1) is 15.3. The van der Waals surface area contributed by atoms with Crippen LogP contribution >= 0.6 is 0 Å². The fourth-order valence-corrected chi connectivity index (χ4v) is 1.99. The summed E-state index contributed by atoms with van der Waals surface area (Å²) in [5.41, 5.74) is -5.21. The Morgan fingerprint density at radius 2 is 2.40 bits per heavy atom. The van der Waals surface area contributed by atoms with E-state index >= 15 is 0 Å². The number of nitrogens with one attached hydrogen (secondary N) is 2. The van der Waals surface area contributed by atoms with E-state index in [1.54, 1.807) is 0 Å². The van der Waals surface area contributed by atoms with Crippen molar-refractivity contribution in [2.45, 2.75) is 12.1 Å². The van der Waals surface area contributed by atoms with Crippen LogP contribution in [-0.2, 0) is 22.1 Å². The fourth-order valence-electron chi connectivity index (χ4n) is 1.48. The van der Waals surface area contributed by atoms with Crippen molar-refractivity contribution in [2.75, 3.05) is 27.5 Å². The number of aromatic nitrogens is 1. The molecule has 2 N–H and O–H groups in total. The number of H-pyrrole nitrogens is 1. The van der Waals surface area contributed by atoms with E-state index in [1.807, 2.05) is 0 Å². The van der Waals surface area contributed by atoms with Gasteiger partial charge in [-0.25, -0.2) is 13.1 Å². The van der Waals surface area contributed by atoms with Crippen molar-refractivity contribution in [3.63, 3.8) is 0 Å². The number of aromatic amines is 1. The maximum atomic E-state index is 12.3. The van der Waals surface area contributed by atoms with Crippen molar-refractivity contribution in [2.24, 2.45) is 0 Å². The Balaban J connectivity index is 2.93. The Morgan fingerprint density at radius 1 is 1.60 bits per heavy atom. The normalized spacial score (nSPS) is 27.1. The van der Waals surface area contributed by atoms with Crippen LogP contribution in [0.1, 0.15) is 28.9 Å². The zero-order valence-corrected chi connectivity index (χ0v) is 11.1. The molecular formula is C14H21N3O2S. The van der Waals surface area contributed by atoms with E-state index in [9.17, 15) is 8.42 Å². The van der Waals surface area contributed by atoms with Gasteiger partial charge in [-0.2, -0.15) is 0 Å². The van der Waals surface area contributed by atoms with Gasteiger partial charge in [0.25, 0.3) is 0 Å². The minimum absolute atomic E-state index is 0.133. The van der Waals surface area contributed by atoms with E-state index in [0.717, 1.165) is 25.2 Å². The lowest BCUT2D eigenvalue weighted by molar-refractivity contribution is 0.414. The van der Waals surface area contributed by atoms with Crippen LogP contribution in [-0.4, -0.2) is 45.8 Å². The van der Waals surface area contributed by atoms with Gasteiger partial charge in [0, 0.05) is 40.0 Å². The minimum atomic E-state index is -4.92. The molecule has 1 aromatic heterocycles. The Labute approximate surface area is 141 Å². The first kappa shape index (κ1) is 4.83. The van der Waals surface area contributed by atoms with Crippen LogP contribution in [0.25, 0.3) is 10.9 Å². The van der Waals surface area contributed by atoms with Gasteiger partial charge in [-0.05, 0) is 50.6 Å². The molecule has 0 unspecified atom stereocenters. The smallest absolute Gasteiger partial charge is 0.215 e. The summed E-state index contributed by atoms with van der Waals surface area (Å²) in [6.07, 6.45) is -4.61. The summed E-state index contributed by atoms with van der Waals surface area (Å²) in [7, 11) is -4.17. The van der Waals surface area contributed by atoms with Crippen LogP contribution in [0.2, 0.25) is 2.82 Å². The summed E-state index contributed by atoms with van der Waals surface area (Å²) in [5, 5.41) is -0.529. The summed E-state index contributed by atoms with van der Waals surface area (Å²) < 4.78 is 142.